The molecule has 0 saturated carbocycles. The van der Waals surface area contributed by atoms with Crippen LogP contribution < -0.4 is 9.47 Å². The Labute approximate surface area is 140 Å². The number of aromatic nitrogens is 2. The Bertz CT molecular complexity index is 795. The van der Waals surface area contributed by atoms with E-state index in [1.807, 2.05) is 47.8 Å². The Morgan fingerprint density at radius 3 is 2.50 bits per heavy atom. The van der Waals surface area contributed by atoms with Crippen LogP contribution in [0.4, 0.5) is 17.3 Å². The average molecular weight is 353 g/mol. The van der Waals surface area contributed by atoms with Gasteiger partial charge in [-0.2, -0.15) is 0 Å². The number of likely N-dealkylation sites (N-methyl/N-ethyl adjacent to an activating group) is 1. The van der Waals surface area contributed by atoms with Gasteiger partial charge in [0.15, 0.2) is 0 Å². The van der Waals surface area contributed by atoms with Crippen molar-refractivity contribution in [1.29, 1.82) is 0 Å². The molecule has 9 nitrogen and oxygen atoms in total. The molecular weight excluding hydrogens is 334 g/mol. The maximum atomic E-state index is 10.4. The van der Waals surface area contributed by atoms with Gasteiger partial charge in [-0.05, 0) is 24.3 Å². The number of anilines is 1. The minimum atomic E-state index is -4.65. The van der Waals surface area contributed by atoms with Crippen molar-refractivity contribution in [3.8, 4) is 0 Å². The highest BCUT2D eigenvalue weighted by atomic mass is 32.3. The Kier molecular flexibility index (Phi) is 5.65. The van der Waals surface area contributed by atoms with E-state index in [1.54, 1.807) is 24.1 Å². The van der Waals surface area contributed by atoms with E-state index in [0.717, 1.165) is 5.69 Å². The van der Waals surface area contributed by atoms with E-state index < -0.39 is 10.4 Å². The summed E-state index contributed by atoms with van der Waals surface area (Å²) in [4.78, 5) is 1.77. The van der Waals surface area contributed by atoms with Crippen LogP contribution in [0.2, 0.25) is 0 Å². The third kappa shape index (κ3) is 5.11. The average Bonchev–Trinajstić information content (AvgIpc) is 2.83. The summed E-state index contributed by atoms with van der Waals surface area (Å²) in [7, 11) is 0.883. The van der Waals surface area contributed by atoms with Crippen molar-refractivity contribution in [2.24, 2.45) is 24.3 Å². The summed E-state index contributed by atoms with van der Waals surface area (Å²) in [6.45, 7) is 0.0648. The lowest BCUT2D eigenvalue weighted by atomic mass is 10.2. The largest absolute Gasteiger partial charge is 0.726 e. The molecule has 0 amide bonds. The fourth-order valence-electron chi connectivity index (χ4n) is 2.00. The molecule has 0 aliphatic carbocycles. The summed E-state index contributed by atoms with van der Waals surface area (Å²) < 4.78 is 39.1. The third-order valence-corrected chi connectivity index (χ3v) is 3.80. The summed E-state index contributed by atoms with van der Waals surface area (Å²) in [5.41, 5.74) is 1.53. The molecule has 0 fully saturated rings. The first-order valence-corrected chi connectivity index (χ1v) is 8.44. The van der Waals surface area contributed by atoms with Crippen LogP contribution in [0.1, 0.15) is 0 Å². The van der Waals surface area contributed by atoms with E-state index in [4.69, 9.17) is 0 Å². The molecule has 2 rings (SSSR count). The number of azo groups is 1. The zero-order valence-corrected chi connectivity index (χ0v) is 14.5. The monoisotopic (exact) mass is 353 g/mol. The van der Waals surface area contributed by atoms with E-state index in [-0.39, 0.29) is 13.2 Å². The normalized spacial score (nSPS) is 12.0. The second-order valence-corrected chi connectivity index (χ2v) is 6.24. The topological polar surface area (TPSA) is 103 Å². The molecule has 0 aliphatic rings. The Morgan fingerprint density at radius 1 is 1.29 bits per heavy atom. The molecule has 2 aromatic rings. The smallest absolute Gasteiger partial charge is 0.421 e. The number of hydrogen-bond donors (Lipinski definition) is 0. The standard InChI is InChI=1S/C14H19N5O4S/c1-17(10-11-23-24(20,21)22)13-6-4-12(5-7-13)15-16-14-18(2)8-9-19(14)3/h4-9H,10-11H2,1-3H3. The number of hydrogen-bond acceptors (Lipinski definition) is 7. The predicted octanol–water partition coefficient (Wildman–Crippen LogP) is 1.18. The SMILES string of the molecule is CN(CCOS(=O)(=O)[O-])c1ccc(N=Nc2n(C)cc[n+]2C)cc1. The lowest BCUT2D eigenvalue weighted by Crippen LogP contribution is -2.25. The van der Waals surface area contributed by atoms with Crippen molar-refractivity contribution >= 4 is 27.7 Å². The van der Waals surface area contributed by atoms with Crippen LogP contribution in [0, 0.1) is 0 Å². The lowest BCUT2D eigenvalue weighted by molar-refractivity contribution is -0.657. The van der Waals surface area contributed by atoms with Gasteiger partial charge in [-0.25, -0.2) is 17.6 Å². The van der Waals surface area contributed by atoms with Gasteiger partial charge in [-0.3, -0.25) is 4.18 Å². The van der Waals surface area contributed by atoms with E-state index in [2.05, 4.69) is 14.4 Å². The second kappa shape index (κ2) is 7.51. The molecule has 0 spiro atoms. The minimum absolute atomic E-state index is 0.201. The first-order chi connectivity index (χ1) is 11.3. The molecule has 0 unspecified atom stereocenters. The highest BCUT2D eigenvalue weighted by Gasteiger charge is 2.10. The van der Waals surface area contributed by atoms with Gasteiger partial charge < -0.3 is 9.45 Å². The van der Waals surface area contributed by atoms with Crippen LogP contribution in [-0.2, 0) is 28.7 Å². The van der Waals surface area contributed by atoms with Gasteiger partial charge in [0.1, 0.15) is 5.69 Å². The number of imidazole rings is 1. The summed E-state index contributed by atoms with van der Waals surface area (Å²) in [5, 5.41) is 8.39. The summed E-state index contributed by atoms with van der Waals surface area (Å²) in [6.07, 6.45) is 3.77. The van der Waals surface area contributed by atoms with Crippen molar-refractivity contribution in [1.82, 2.24) is 4.57 Å². The highest BCUT2D eigenvalue weighted by Crippen LogP contribution is 2.20. The molecule has 1 heterocycles. The predicted molar refractivity (Wildman–Crippen MR) is 86.1 cm³/mol. The quantitative estimate of drug-likeness (QED) is 0.322. The summed E-state index contributed by atoms with van der Waals surface area (Å²) in [5.74, 6) is 0.715. The maximum Gasteiger partial charge on any atom is 0.421 e. The van der Waals surface area contributed by atoms with Crippen molar-refractivity contribution in [2.75, 3.05) is 25.1 Å². The number of rotatable bonds is 7. The fraction of sp³-hybridized carbons (Fsp3) is 0.357. The van der Waals surface area contributed by atoms with Gasteiger partial charge >= 0.3 is 5.95 Å². The van der Waals surface area contributed by atoms with Crippen LogP contribution in [0.5, 0.6) is 0 Å². The van der Waals surface area contributed by atoms with Gasteiger partial charge in [-0.1, -0.05) is 5.11 Å². The van der Waals surface area contributed by atoms with Crippen LogP contribution >= 0.6 is 0 Å². The fourth-order valence-corrected chi connectivity index (χ4v) is 2.28. The first kappa shape index (κ1) is 18.0. The second-order valence-electron chi connectivity index (χ2n) is 5.19. The van der Waals surface area contributed by atoms with Gasteiger partial charge in [0, 0.05) is 24.4 Å². The molecule has 1 aromatic heterocycles. The lowest BCUT2D eigenvalue weighted by Gasteiger charge is -2.19. The van der Waals surface area contributed by atoms with Gasteiger partial charge in [0.2, 0.25) is 10.4 Å². The summed E-state index contributed by atoms with van der Waals surface area (Å²) in [6, 6.07) is 7.24. The Balaban J connectivity index is 1.97. The molecular formula is C14H19N5O4S. The van der Waals surface area contributed by atoms with E-state index in [0.29, 0.717) is 11.6 Å². The van der Waals surface area contributed by atoms with E-state index in [9.17, 15) is 13.0 Å². The molecule has 24 heavy (non-hydrogen) atoms. The molecule has 130 valence electrons. The van der Waals surface area contributed by atoms with Crippen molar-refractivity contribution < 1.29 is 21.7 Å². The van der Waals surface area contributed by atoms with Crippen molar-refractivity contribution in [3.05, 3.63) is 36.7 Å². The molecule has 0 radical (unpaired) electrons. The number of aryl methyl sites for hydroxylation is 2. The molecule has 0 N–H and O–H groups in total. The Morgan fingerprint density at radius 2 is 1.96 bits per heavy atom. The van der Waals surface area contributed by atoms with Crippen molar-refractivity contribution in [2.45, 2.75) is 0 Å². The Hall–Kier alpha value is -2.30. The summed E-state index contributed by atoms with van der Waals surface area (Å²) >= 11 is 0. The zero-order valence-electron chi connectivity index (χ0n) is 13.7. The molecule has 0 atom stereocenters. The van der Waals surface area contributed by atoms with Gasteiger partial charge in [0.05, 0.1) is 33.1 Å². The van der Waals surface area contributed by atoms with Crippen LogP contribution in [0.15, 0.2) is 46.9 Å². The molecule has 10 heteroatoms. The highest BCUT2D eigenvalue weighted by molar-refractivity contribution is 7.80. The molecule has 0 saturated heterocycles. The van der Waals surface area contributed by atoms with Crippen LogP contribution in [-0.4, -0.2) is 37.7 Å². The molecule has 0 aliphatic heterocycles. The maximum absolute atomic E-state index is 10.4. The number of benzene rings is 1. The minimum Gasteiger partial charge on any atom is -0.726 e. The molecule has 0 bridgehead atoms. The third-order valence-electron chi connectivity index (χ3n) is 3.34. The van der Waals surface area contributed by atoms with Crippen molar-refractivity contribution in [3.63, 3.8) is 0 Å². The molecule has 1 aromatic carbocycles. The van der Waals surface area contributed by atoms with Gasteiger partial charge in [0.25, 0.3) is 0 Å². The first-order valence-electron chi connectivity index (χ1n) is 7.10. The zero-order chi connectivity index (χ0) is 17.7. The van der Waals surface area contributed by atoms with Crippen LogP contribution in [0.25, 0.3) is 0 Å². The van der Waals surface area contributed by atoms with E-state index >= 15 is 0 Å². The van der Waals surface area contributed by atoms with Crippen LogP contribution in [0.3, 0.4) is 0 Å². The number of nitrogens with zero attached hydrogens (tertiary/aromatic N) is 5. The van der Waals surface area contributed by atoms with Gasteiger partial charge in [-0.15, -0.1) is 0 Å². The van der Waals surface area contributed by atoms with E-state index in [1.165, 1.54) is 0 Å².